The van der Waals surface area contributed by atoms with Crippen molar-refractivity contribution in [2.45, 2.75) is 73.5 Å². The first-order valence-electron chi connectivity index (χ1n) is 15.2. The highest BCUT2D eigenvalue weighted by Crippen LogP contribution is 2.66. The van der Waals surface area contributed by atoms with E-state index in [0.29, 0.717) is 53.8 Å². The van der Waals surface area contributed by atoms with E-state index in [1.54, 1.807) is 18.3 Å². The number of thiazole rings is 1. The third-order valence-electron chi connectivity index (χ3n) is 9.55. The molecular formula is C32H33F2N5O4S3. The summed E-state index contributed by atoms with van der Waals surface area (Å²) in [6.45, 7) is 1.48. The molecule has 46 heavy (non-hydrogen) atoms. The first-order chi connectivity index (χ1) is 21.8. The lowest BCUT2D eigenvalue weighted by atomic mass is 9.45. The van der Waals surface area contributed by atoms with Crippen molar-refractivity contribution in [2.75, 3.05) is 16.3 Å². The van der Waals surface area contributed by atoms with Crippen LogP contribution in [0.2, 0.25) is 0 Å². The quantitative estimate of drug-likeness (QED) is 0.205. The van der Waals surface area contributed by atoms with E-state index in [1.165, 1.54) is 48.8 Å². The molecule has 0 radical (unpaired) electrons. The van der Waals surface area contributed by atoms with Crippen LogP contribution < -0.4 is 10.0 Å². The molecule has 4 aliphatic rings. The van der Waals surface area contributed by atoms with Crippen molar-refractivity contribution in [1.29, 1.82) is 0 Å². The maximum absolute atomic E-state index is 16.3. The van der Waals surface area contributed by atoms with Crippen molar-refractivity contribution < 1.29 is 25.6 Å². The molecule has 4 aromatic rings. The number of aryl methyl sites for hydroxylation is 1. The molecule has 0 amide bonds. The van der Waals surface area contributed by atoms with Crippen molar-refractivity contribution >= 4 is 42.8 Å². The van der Waals surface area contributed by atoms with E-state index in [1.807, 2.05) is 0 Å². The fraction of sp³-hybridized carbons (Fsp3) is 0.406. The number of nitrogens with one attached hydrogen (secondary N) is 2. The monoisotopic (exact) mass is 685 g/mol. The number of hydrogen-bond donors (Lipinski definition) is 2. The average molecular weight is 686 g/mol. The van der Waals surface area contributed by atoms with Gasteiger partial charge in [0.15, 0.2) is 5.82 Å². The predicted octanol–water partition coefficient (Wildman–Crippen LogP) is 6.47. The minimum Gasteiger partial charge on any atom is -0.351 e. The van der Waals surface area contributed by atoms with Crippen LogP contribution in [0, 0.1) is 24.5 Å². The summed E-state index contributed by atoms with van der Waals surface area (Å²) >= 11 is 1.46. The van der Waals surface area contributed by atoms with Gasteiger partial charge in [-0.1, -0.05) is 18.2 Å². The minimum absolute atomic E-state index is 0.0192. The Labute approximate surface area is 270 Å². The molecular weight excluding hydrogens is 653 g/mol. The third kappa shape index (κ3) is 5.57. The first kappa shape index (κ1) is 31.1. The summed E-state index contributed by atoms with van der Waals surface area (Å²) in [7, 11) is -7.53. The van der Waals surface area contributed by atoms with Gasteiger partial charge in [0, 0.05) is 29.5 Å². The summed E-state index contributed by atoms with van der Waals surface area (Å²) in [4.78, 5) is 14.2. The normalized spacial score (nSPS) is 24.1. The molecule has 0 spiro atoms. The molecule has 14 heteroatoms. The van der Waals surface area contributed by atoms with Gasteiger partial charge < -0.3 is 5.32 Å². The Morgan fingerprint density at radius 3 is 2.30 bits per heavy atom. The number of anilines is 2. The molecule has 4 saturated carbocycles. The van der Waals surface area contributed by atoms with E-state index in [0.717, 1.165) is 30.3 Å². The molecule has 0 aliphatic heterocycles. The second kappa shape index (κ2) is 11.3. The number of benzene rings is 2. The topological polar surface area (TPSA) is 131 Å². The van der Waals surface area contributed by atoms with Crippen LogP contribution >= 0.6 is 11.3 Å². The SMILES string of the molecule is Cc1cccc(F)c1S(=O)(=O)Nc1cccc(-c2nc(C34CC(C3)C4)sc2-c2ccnc(NC3CCC(S(C)(=O)=O)CC3)n2)c1F. The molecule has 2 bridgehead atoms. The lowest BCUT2D eigenvalue weighted by Crippen LogP contribution is -2.55. The zero-order valence-electron chi connectivity index (χ0n) is 25.3. The summed E-state index contributed by atoms with van der Waals surface area (Å²) in [6, 6.07) is 10.1. The second-order valence-electron chi connectivity index (χ2n) is 12.8. The molecule has 2 aromatic carbocycles. The van der Waals surface area contributed by atoms with Crippen molar-refractivity contribution in [3.8, 4) is 21.8 Å². The Morgan fingerprint density at radius 2 is 1.65 bits per heavy atom. The van der Waals surface area contributed by atoms with Crippen LogP contribution in [0.3, 0.4) is 0 Å². The lowest BCUT2D eigenvalue weighted by Gasteiger charge is -2.60. The highest BCUT2D eigenvalue weighted by atomic mass is 32.2. The van der Waals surface area contributed by atoms with Crippen LogP contribution in [0.15, 0.2) is 53.6 Å². The minimum atomic E-state index is -4.44. The molecule has 8 rings (SSSR count). The van der Waals surface area contributed by atoms with Crippen LogP contribution in [0.25, 0.3) is 21.8 Å². The van der Waals surface area contributed by atoms with E-state index < -0.39 is 36.4 Å². The summed E-state index contributed by atoms with van der Waals surface area (Å²) in [5.41, 5.74) is 0.851. The number of halogens is 2. The molecule has 0 atom stereocenters. The summed E-state index contributed by atoms with van der Waals surface area (Å²) in [5.74, 6) is -0.676. The maximum atomic E-state index is 16.3. The van der Waals surface area contributed by atoms with Crippen molar-refractivity contribution in [2.24, 2.45) is 5.92 Å². The number of sulfonamides is 1. The van der Waals surface area contributed by atoms with Gasteiger partial charge in [0.25, 0.3) is 10.0 Å². The van der Waals surface area contributed by atoms with Gasteiger partial charge in [-0.25, -0.2) is 40.6 Å². The Balaban J connectivity index is 1.22. The number of aromatic nitrogens is 3. The van der Waals surface area contributed by atoms with Gasteiger partial charge in [-0.2, -0.15) is 0 Å². The molecule has 2 heterocycles. The standard InChI is InChI=1S/C32H33F2N5O4S3/c1-18-5-3-7-23(33)29(18)46(42,43)39-24-8-4-6-22(26(24)34)27-28(44-30(38-27)32-15-19(16-32)17-32)25-13-14-35-31(37-25)36-20-9-11-21(12-10-20)45(2,40)41/h3-8,13-14,19-21,39H,9-12,15-17H2,1-2H3,(H,35,36,37). The third-order valence-corrected chi connectivity index (χ3v) is 14.1. The van der Waals surface area contributed by atoms with Gasteiger partial charge >= 0.3 is 0 Å². The average Bonchev–Trinajstić information content (AvgIpc) is 3.37. The highest BCUT2D eigenvalue weighted by molar-refractivity contribution is 7.92. The van der Waals surface area contributed by atoms with Crippen LogP contribution in [-0.2, 0) is 25.3 Å². The Kier molecular flexibility index (Phi) is 7.67. The molecule has 0 saturated heterocycles. The van der Waals surface area contributed by atoms with E-state index in [4.69, 9.17) is 9.97 Å². The van der Waals surface area contributed by atoms with Crippen LogP contribution in [0.1, 0.15) is 55.5 Å². The second-order valence-corrected chi connectivity index (χ2v) is 17.8. The van der Waals surface area contributed by atoms with E-state index in [-0.39, 0.29) is 33.5 Å². The number of nitrogens with zero attached hydrogens (tertiary/aromatic N) is 3. The molecule has 0 unspecified atom stereocenters. The first-order valence-corrected chi connectivity index (χ1v) is 19.5. The van der Waals surface area contributed by atoms with Crippen molar-refractivity contribution in [3.05, 3.63) is 70.9 Å². The van der Waals surface area contributed by atoms with Gasteiger partial charge in [-0.15, -0.1) is 11.3 Å². The Bertz CT molecular complexity index is 2020. The van der Waals surface area contributed by atoms with E-state index >= 15 is 4.39 Å². The smallest absolute Gasteiger partial charge is 0.265 e. The van der Waals surface area contributed by atoms with Gasteiger partial charge in [0.2, 0.25) is 5.95 Å². The van der Waals surface area contributed by atoms with Gasteiger partial charge in [0.1, 0.15) is 25.6 Å². The molecule has 2 N–H and O–H groups in total. The largest absolute Gasteiger partial charge is 0.351 e. The van der Waals surface area contributed by atoms with Crippen LogP contribution in [0.4, 0.5) is 20.4 Å². The van der Waals surface area contributed by atoms with Gasteiger partial charge in [0.05, 0.1) is 27.2 Å². The van der Waals surface area contributed by atoms with E-state index in [9.17, 15) is 21.2 Å². The summed E-state index contributed by atoms with van der Waals surface area (Å²) in [6.07, 6.45) is 8.49. The number of sulfone groups is 1. The van der Waals surface area contributed by atoms with Gasteiger partial charge in [-0.05, 0) is 87.6 Å². The molecule has 242 valence electrons. The Morgan fingerprint density at radius 1 is 0.935 bits per heavy atom. The molecule has 9 nitrogen and oxygen atoms in total. The number of rotatable bonds is 9. The van der Waals surface area contributed by atoms with Gasteiger partial charge in [-0.3, -0.25) is 4.72 Å². The fourth-order valence-corrected chi connectivity index (χ4v) is 10.7. The molecule has 4 fully saturated rings. The predicted molar refractivity (Wildman–Crippen MR) is 174 cm³/mol. The Hall–Kier alpha value is -3.49. The number of hydrogen-bond acceptors (Lipinski definition) is 9. The zero-order chi connectivity index (χ0) is 32.4. The van der Waals surface area contributed by atoms with Crippen LogP contribution in [-0.4, -0.2) is 49.3 Å². The molecule has 4 aliphatic carbocycles. The maximum Gasteiger partial charge on any atom is 0.265 e. The van der Waals surface area contributed by atoms with Crippen molar-refractivity contribution in [1.82, 2.24) is 15.0 Å². The summed E-state index contributed by atoms with van der Waals surface area (Å²) in [5, 5.41) is 3.91. The van der Waals surface area contributed by atoms with Crippen molar-refractivity contribution in [3.63, 3.8) is 0 Å². The highest BCUT2D eigenvalue weighted by Gasteiger charge is 2.59. The van der Waals surface area contributed by atoms with E-state index in [2.05, 4.69) is 15.0 Å². The zero-order valence-corrected chi connectivity index (χ0v) is 27.7. The summed E-state index contributed by atoms with van der Waals surface area (Å²) < 4.78 is 83.5. The fourth-order valence-electron chi connectivity index (χ4n) is 6.96. The van der Waals surface area contributed by atoms with Crippen LogP contribution in [0.5, 0.6) is 0 Å². The lowest BCUT2D eigenvalue weighted by molar-refractivity contribution is -0.0274. The molecule has 2 aromatic heterocycles.